The Bertz CT molecular complexity index is 773. The van der Waals surface area contributed by atoms with E-state index in [2.05, 4.69) is 126 Å². The summed E-state index contributed by atoms with van der Waals surface area (Å²) in [6.07, 6.45) is 0. The second kappa shape index (κ2) is 9.10. The monoisotopic (exact) mass is 492 g/mol. The molecule has 0 amide bonds. The van der Waals surface area contributed by atoms with Crippen molar-refractivity contribution in [3.8, 4) is 0 Å². The zero-order valence-corrected chi connectivity index (χ0v) is 25.5. The van der Waals surface area contributed by atoms with E-state index < -0.39 is 40.9 Å². The molecule has 0 N–H and O–H groups in total. The van der Waals surface area contributed by atoms with E-state index in [0.29, 0.717) is 0 Å². The Balaban J connectivity index is 2.73. The molecule has 0 aromatic heterocycles. The van der Waals surface area contributed by atoms with Crippen molar-refractivity contribution in [2.75, 3.05) is 0 Å². The van der Waals surface area contributed by atoms with Crippen LogP contribution >= 0.6 is 0 Å². The SMILES string of the molecule is C[Si](C)(C)O[Si](C)(C)O[Si](C)(C)[Si](O[Si](C)(C)C)(c1ccccc1)c1ccccc1. The van der Waals surface area contributed by atoms with Crippen LogP contribution in [0.3, 0.4) is 0 Å². The van der Waals surface area contributed by atoms with Gasteiger partial charge in [-0.2, -0.15) is 0 Å². The average Bonchev–Trinajstić information content (AvgIpc) is 2.57. The minimum atomic E-state index is -2.65. The van der Waals surface area contributed by atoms with E-state index in [-0.39, 0.29) is 0 Å². The van der Waals surface area contributed by atoms with Crippen LogP contribution in [0.1, 0.15) is 0 Å². The van der Waals surface area contributed by atoms with Crippen molar-refractivity contribution in [1.82, 2.24) is 0 Å². The summed E-state index contributed by atoms with van der Waals surface area (Å²) in [5.74, 6) is 0. The molecule has 0 saturated carbocycles. The Morgan fingerprint density at radius 1 is 0.467 bits per heavy atom. The van der Waals surface area contributed by atoms with Crippen molar-refractivity contribution in [2.45, 2.75) is 65.5 Å². The molecule has 0 fully saturated rings. The third-order valence-corrected chi connectivity index (χ3v) is 29.5. The Morgan fingerprint density at radius 3 is 1.17 bits per heavy atom. The van der Waals surface area contributed by atoms with Crippen molar-refractivity contribution < 1.29 is 12.3 Å². The lowest BCUT2D eigenvalue weighted by atomic mass is 10.4. The van der Waals surface area contributed by atoms with Gasteiger partial charge in [-0.3, -0.25) is 0 Å². The van der Waals surface area contributed by atoms with E-state index in [1.54, 1.807) is 0 Å². The van der Waals surface area contributed by atoms with Gasteiger partial charge in [0.1, 0.15) is 0 Å². The summed E-state index contributed by atoms with van der Waals surface area (Å²) in [6, 6.07) is 21.7. The summed E-state index contributed by atoms with van der Waals surface area (Å²) < 4.78 is 21.1. The number of hydrogen-bond donors (Lipinski definition) is 0. The number of rotatable bonds is 9. The first-order valence-electron chi connectivity index (χ1n) is 10.8. The summed E-state index contributed by atoms with van der Waals surface area (Å²) in [5, 5.41) is 2.63. The smallest absolute Gasteiger partial charge is 0.311 e. The van der Waals surface area contributed by atoms with Crippen molar-refractivity contribution in [3.63, 3.8) is 0 Å². The first kappa shape index (κ1) is 25.7. The van der Waals surface area contributed by atoms with Gasteiger partial charge in [-0.25, -0.2) is 0 Å². The van der Waals surface area contributed by atoms with Crippen LogP contribution in [0.4, 0.5) is 0 Å². The zero-order chi connectivity index (χ0) is 22.8. The Morgan fingerprint density at radius 2 is 0.833 bits per heavy atom. The molecule has 0 radical (unpaired) electrons. The molecule has 0 saturated heterocycles. The van der Waals surface area contributed by atoms with Gasteiger partial charge < -0.3 is 12.3 Å². The fourth-order valence-corrected chi connectivity index (χ4v) is 38.6. The third-order valence-electron chi connectivity index (χ3n) is 4.72. The highest BCUT2D eigenvalue weighted by molar-refractivity contribution is 7.48. The second-order valence-corrected chi connectivity index (χ2v) is 35.8. The molecule has 2 aromatic rings. The van der Waals surface area contributed by atoms with E-state index in [9.17, 15) is 0 Å². The minimum Gasteiger partial charge on any atom is -0.450 e. The summed E-state index contributed by atoms with van der Waals surface area (Å²) in [4.78, 5) is 0. The molecule has 0 bridgehead atoms. The van der Waals surface area contributed by atoms with Gasteiger partial charge in [-0.05, 0) is 75.8 Å². The standard InChI is InChI=1S/C22H40O3Si5/c1-26(2,3)23-28(7,8)25-29(9,10)30(24-27(4,5)6,21-17-13-11-14-18-21)22-19-15-12-16-20-22/h11-20H,1-10H3. The Labute approximate surface area is 189 Å². The van der Waals surface area contributed by atoms with Crippen LogP contribution in [0.2, 0.25) is 65.5 Å². The highest BCUT2D eigenvalue weighted by atomic mass is 29.3. The van der Waals surface area contributed by atoms with Gasteiger partial charge in [0.15, 0.2) is 16.6 Å². The molecule has 166 valence electrons. The first-order chi connectivity index (χ1) is 13.6. The lowest BCUT2D eigenvalue weighted by Gasteiger charge is -2.49. The van der Waals surface area contributed by atoms with Crippen molar-refractivity contribution in [3.05, 3.63) is 60.7 Å². The van der Waals surface area contributed by atoms with Crippen LogP contribution < -0.4 is 10.4 Å². The normalized spacial score (nSPS) is 14.1. The molecule has 2 rings (SSSR count). The fourth-order valence-electron chi connectivity index (χ4n) is 4.35. The fraction of sp³-hybridized carbons (Fsp3) is 0.455. The van der Waals surface area contributed by atoms with Crippen LogP contribution in [0.15, 0.2) is 60.7 Å². The summed E-state index contributed by atoms with van der Waals surface area (Å²) in [5.41, 5.74) is 0. The maximum absolute atomic E-state index is 7.33. The van der Waals surface area contributed by atoms with Crippen LogP contribution in [0.5, 0.6) is 0 Å². The highest BCUT2D eigenvalue weighted by Crippen LogP contribution is 2.30. The zero-order valence-electron chi connectivity index (χ0n) is 20.5. The molecule has 0 unspecified atom stereocenters. The average molecular weight is 493 g/mol. The molecule has 0 aliphatic heterocycles. The van der Waals surface area contributed by atoms with Crippen LogP contribution in [0, 0.1) is 0 Å². The molecule has 0 aliphatic rings. The van der Waals surface area contributed by atoms with E-state index in [4.69, 9.17) is 12.3 Å². The topological polar surface area (TPSA) is 27.7 Å². The van der Waals surface area contributed by atoms with E-state index in [1.807, 2.05) is 0 Å². The lowest BCUT2D eigenvalue weighted by Crippen LogP contribution is -2.80. The largest absolute Gasteiger partial charge is 0.450 e. The highest BCUT2D eigenvalue weighted by Gasteiger charge is 2.59. The molecule has 8 heteroatoms. The van der Waals surface area contributed by atoms with Gasteiger partial charge in [0, 0.05) is 0 Å². The van der Waals surface area contributed by atoms with Crippen molar-refractivity contribution in [2.24, 2.45) is 0 Å². The predicted molar refractivity (Wildman–Crippen MR) is 143 cm³/mol. The number of benzene rings is 2. The molecule has 0 atom stereocenters. The van der Waals surface area contributed by atoms with Gasteiger partial charge in [-0.1, -0.05) is 60.7 Å². The van der Waals surface area contributed by atoms with Crippen LogP contribution in [-0.2, 0) is 12.3 Å². The first-order valence-corrected chi connectivity index (χ1v) is 26.2. The molecule has 3 nitrogen and oxygen atoms in total. The molecular weight excluding hydrogens is 453 g/mol. The van der Waals surface area contributed by atoms with Gasteiger partial charge in [-0.15, -0.1) is 0 Å². The minimum absolute atomic E-state index is 1.31. The molecular formula is C22H40O3Si5. The molecule has 0 aliphatic carbocycles. The van der Waals surface area contributed by atoms with Crippen LogP contribution in [-0.4, -0.2) is 40.9 Å². The Kier molecular flexibility index (Phi) is 7.79. The lowest BCUT2D eigenvalue weighted by molar-refractivity contribution is 0.396. The molecule has 0 heterocycles. The Hall–Kier alpha value is -0.596. The van der Waals surface area contributed by atoms with Gasteiger partial charge >= 0.3 is 8.56 Å². The van der Waals surface area contributed by atoms with Crippen molar-refractivity contribution >= 4 is 51.2 Å². The van der Waals surface area contributed by atoms with Gasteiger partial charge in [0.2, 0.25) is 7.83 Å². The summed E-state index contributed by atoms with van der Waals surface area (Å²) >= 11 is 0. The number of hydrogen-bond acceptors (Lipinski definition) is 3. The van der Waals surface area contributed by atoms with Gasteiger partial charge in [0.25, 0.3) is 7.83 Å². The quantitative estimate of drug-likeness (QED) is 0.436. The molecule has 2 aromatic carbocycles. The summed E-state index contributed by atoms with van der Waals surface area (Å²) in [6.45, 7) is 22.8. The maximum atomic E-state index is 7.33. The summed E-state index contributed by atoms with van der Waals surface area (Å²) in [7, 11) is -11.0. The van der Waals surface area contributed by atoms with Crippen LogP contribution in [0.25, 0.3) is 0 Å². The van der Waals surface area contributed by atoms with Gasteiger partial charge in [0.05, 0.1) is 0 Å². The molecule has 0 spiro atoms. The maximum Gasteiger partial charge on any atom is 0.311 e. The van der Waals surface area contributed by atoms with Crippen molar-refractivity contribution in [1.29, 1.82) is 0 Å². The van der Waals surface area contributed by atoms with E-state index in [1.165, 1.54) is 10.4 Å². The molecule has 30 heavy (non-hydrogen) atoms. The third kappa shape index (κ3) is 6.46. The predicted octanol–water partition coefficient (Wildman–Crippen LogP) is 5.45. The van der Waals surface area contributed by atoms with E-state index >= 15 is 0 Å². The van der Waals surface area contributed by atoms with E-state index in [0.717, 1.165) is 0 Å². The second-order valence-electron chi connectivity index (χ2n) is 10.9.